The number of rotatable bonds is 4. The summed E-state index contributed by atoms with van der Waals surface area (Å²) in [7, 11) is 1.59. The molecule has 0 saturated heterocycles. The third-order valence-electron chi connectivity index (χ3n) is 3.33. The number of hydrogen-bond donors (Lipinski definition) is 1. The Balaban J connectivity index is 1.90. The Hall–Kier alpha value is -2.19. The van der Waals surface area contributed by atoms with Gasteiger partial charge < -0.3 is 5.32 Å². The Kier molecular flexibility index (Phi) is 4.44. The molecule has 23 heavy (non-hydrogen) atoms. The number of hydrogen-bond acceptors (Lipinski definition) is 6. The predicted octanol–water partition coefficient (Wildman–Crippen LogP) is 1.98. The quantitative estimate of drug-likeness (QED) is 0.731. The SMILES string of the molecule is CNC(=O)c1ccc(Cn2cnc3nc(SC)sc3c2=O)cc1. The molecule has 1 amide bonds. The van der Waals surface area contributed by atoms with Gasteiger partial charge in [0.15, 0.2) is 9.99 Å². The van der Waals surface area contributed by atoms with Crippen LogP contribution in [0.25, 0.3) is 10.3 Å². The molecule has 0 aliphatic carbocycles. The fourth-order valence-electron chi connectivity index (χ4n) is 2.13. The zero-order valence-electron chi connectivity index (χ0n) is 12.6. The van der Waals surface area contributed by atoms with E-state index in [1.807, 2.05) is 18.4 Å². The number of thiazole rings is 1. The lowest BCUT2D eigenvalue weighted by atomic mass is 10.1. The smallest absolute Gasteiger partial charge is 0.273 e. The minimum atomic E-state index is -0.133. The Labute approximate surface area is 140 Å². The van der Waals surface area contributed by atoms with Gasteiger partial charge in [0, 0.05) is 12.6 Å². The van der Waals surface area contributed by atoms with Crippen LogP contribution in [-0.2, 0) is 6.54 Å². The van der Waals surface area contributed by atoms with Crippen molar-refractivity contribution in [2.24, 2.45) is 0 Å². The van der Waals surface area contributed by atoms with Crippen LogP contribution >= 0.6 is 23.1 Å². The van der Waals surface area contributed by atoms with E-state index in [0.717, 1.165) is 9.90 Å². The van der Waals surface area contributed by atoms with Crippen LogP contribution in [0, 0.1) is 0 Å². The van der Waals surface area contributed by atoms with Crippen LogP contribution in [0.2, 0.25) is 0 Å². The van der Waals surface area contributed by atoms with Gasteiger partial charge in [0.25, 0.3) is 11.5 Å². The number of thioether (sulfide) groups is 1. The van der Waals surface area contributed by atoms with E-state index >= 15 is 0 Å². The van der Waals surface area contributed by atoms with Gasteiger partial charge in [-0.15, -0.1) is 11.3 Å². The van der Waals surface area contributed by atoms with Crippen LogP contribution < -0.4 is 10.9 Å². The summed E-state index contributed by atoms with van der Waals surface area (Å²) in [6.45, 7) is 0.405. The predicted molar refractivity (Wildman–Crippen MR) is 92.4 cm³/mol. The van der Waals surface area contributed by atoms with Gasteiger partial charge in [-0.25, -0.2) is 9.97 Å². The second kappa shape index (κ2) is 6.51. The minimum absolute atomic E-state index is 0.0943. The zero-order chi connectivity index (χ0) is 16.4. The summed E-state index contributed by atoms with van der Waals surface area (Å²) in [4.78, 5) is 32.6. The first kappa shape index (κ1) is 15.7. The fraction of sp³-hybridized carbons (Fsp3) is 0.200. The zero-order valence-corrected chi connectivity index (χ0v) is 14.2. The van der Waals surface area contributed by atoms with Crippen molar-refractivity contribution < 1.29 is 4.79 Å². The van der Waals surface area contributed by atoms with Crippen molar-refractivity contribution in [3.63, 3.8) is 0 Å². The first-order valence-electron chi connectivity index (χ1n) is 6.83. The highest BCUT2D eigenvalue weighted by molar-refractivity contribution is 8.00. The summed E-state index contributed by atoms with van der Waals surface area (Å²) in [6.07, 6.45) is 3.44. The van der Waals surface area contributed by atoms with E-state index in [1.165, 1.54) is 29.4 Å². The molecular formula is C15H14N4O2S2. The number of aromatic nitrogens is 3. The van der Waals surface area contributed by atoms with E-state index < -0.39 is 0 Å². The second-order valence-corrected chi connectivity index (χ2v) is 6.84. The van der Waals surface area contributed by atoms with E-state index in [2.05, 4.69) is 15.3 Å². The Bertz CT molecular complexity index is 915. The maximum atomic E-state index is 12.5. The van der Waals surface area contributed by atoms with Crippen molar-refractivity contribution in [3.05, 3.63) is 52.1 Å². The number of nitrogens with zero attached hydrogens (tertiary/aromatic N) is 3. The van der Waals surface area contributed by atoms with Crippen molar-refractivity contribution in [1.29, 1.82) is 0 Å². The highest BCUT2D eigenvalue weighted by atomic mass is 32.2. The molecule has 0 aliphatic heterocycles. The molecule has 0 radical (unpaired) electrons. The monoisotopic (exact) mass is 346 g/mol. The lowest BCUT2D eigenvalue weighted by Gasteiger charge is -2.06. The van der Waals surface area contributed by atoms with Gasteiger partial charge in [-0.3, -0.25) is 14.2 Å². The summed E-state index contributed by atoms with van der Waals surface area (Å²) in [5.74, 6) is -0.133. The van der Waals surface area contributed by atoms with Gasteiger partial charge in [-0.05, 0) is 24.0 Å². The van der Waals surface area contributed by atoms with Crippen molar-refractivity contribution in [3.8, 4) is 0 Å². The molecule has 2 heterocycles. The summed E-state index contributed by atoms with van der Waals surface area (Å²) in [5, 5.41) is 2.58. The molecule has 0 spiro atoms. The van der Waals surface area contributed by atoms with E-state index in [0.29, 0.717) is 22.5 Å². The van der Waals surface area contributed by atoms with Crippen molar-refractivity contribution in [1.82, 2.24) is 19.9 Å². The number of carbonyl (C=O) groups is 1. The summed E-state index contributed by atoms with van der Waals surface area (Å²) in [6, 6.07) is 7.15. The molecule has 6 nitrogen and oxygen atoms in total. The fourth-order valence-corrected chi connectivity index (χ4v) is 3.59. The summed E-state index contributed by atoms with van der Waals surface area (Å²) in [5.41, 5.74) is 1.92. The number of benzene rings is 1. The maximum absolute atomic E-state index is 12.5. The number of fused-ring (bicyclic) bond motifs is 1. The first-order chi connectivity index (χ1) is 11.1. The van der Waals surface area contributed by atoms with E-state index in [1.54, 1.807) is 23.7 Å². The molecule has 0 fully saturated rings. The van der Waals surface area contributed by atoms with E-state index in [9.17, 15) is 9.59 Å². The van der Waals surface area contributed by atoms with Crippen LogP contribution in [0.3, 0.4) is 0 Å². The van der Waals surface area contributed by atoms with Gasteiger partial charge in [0.05, 0.1) is 6.54 Å². The van der Waals surface area contributed by atoms with Crippen LogP contribution in [0.1, 0.15) is 15.9 Å². The van der Waals surface area contributed by atoms with Crippen molar-refractivity contribution in [2.75, 3.05) is 13.3 Å². The van der Waals surface area contributed by atoms with Gasteiger partial charge in [0.1, 0.15) is 11.0 Å². The van der Waals surface area contributed by atoms with Crippen LogP contribution in [-0.4, -0.2) is 33.7 Å². The maximum Gasteiger partial charge on any atom is 0.273 e. The molecule has 0 bridgehead atoms. The molecule has 0 atom stereocenters. The number of amides is 1. The molecule has 118 valence electrons. The van der Waals surface area contributed by atoms with Crippen molar-refractivity contribution in [2.45, 2.75) is 10.9 Å². The molecule has 0 aliphatic rings. The summed E-state index contributed by atoms with van der Waals surface area (Å²) < 4.78 is 2.95. The van der Waals surface area contributed by atoms with Gasteiger partial charge >= 0.3 is 0 Å². The Morgan fingerprint density at radius 2 is 2.09 bits per heavy atom. The lowest BCUT2D eigenvalue weighted by molar-refractivity contribution is 0.0963. The van der Waals surface area contributed by atoms with Crippen LogP contribution in [0.15, 0.2) is 39.7 Å². The molecule has 1 aromatic carbocycles. The first-order valence-corrected chi connectivity index (χ1v) is 8.87. The third-order valence-corrected chi connectivity index (χ3v) is 5.35. The topological polar surface area (TPSA) is 76.9 Å². The second-order valence-electron chi connectivity index (χ2n) is 4.79. The van der Waals surface area contributed by atoms with E-state index in [-0.39, 0.29) is 11.5 Å². The highest BCUT2D eigenvalue weighted by Gasteiger charge is 2.11. The van der Waals surface area contributed by atoms with Gasteiger partial charge in [0.2, 0.25) is 0 Å². The Morgan fingerprint density at radius 1 is 1.35 bits per heavy atom. The van der Waals surface area contributed by atoms with Crippen LogP contribution in [0.5, 0.6) is 0 Å². The largest absolute Gasteiger partial charge is 0.355 e. The average Bonchev–Trinajstić information content (AvgIpc) is 3.01. The molecule has 8 heteroatoms. The molecule has 2 aromatic heterocycles. The van der Waals surface area contributed by atoms with Crippen LogP contribution in [0.4, 0.5) is 0 Å². The average molecular weight is 346 g/mol. The van der Waals surface area contributed by atoms with Gasteiger partial charge in [-0.2, -0.15) is 0 Å². The highest BCUT2D eigenvalue weighted by Crippen LogP contribution is 2.24. The van der Waals surface area contributed by atoms with Gasteiger partial charge in [-0.1, -0.05) is 23.9 Å². The minimum Gasteiger partial charge on any atom is -0.355 e. The molecule has 0 saturated carbocycles. The summed E-state index contributed by atoms with van der Waals surface area (Å²) >= 11 is 2.86. The number of nitrogens with one attached hydrogen (secondary N) is 1. The normalized spacial score (nSPS) is 10.9. The standard InChI is InChI=1S/C15H14N4O2S2/c1-16-13(20)10-5-3-9(4-6-10)7-19-8-17-12-11(14(19)21)23-15(18-12)22-2/h3-6,8H,7H2,1-2H3,(H,16,20). The number of carbonyl (C=O) groups excluding carboxylic acids is 1. The van der Waals surface area contributed by atoms with Crippen molar-refractivity contribution >= 4 is 39.4 Å². The third kappa shape index (κ3) is 3.13. The lowest BCUT2D eigenvalue weighted by Crippen LogP contribution is -2.20. The molecule has 1 N–H and O–H groups in total. The molecule has 0 unspecified atom stereocenters. The van der Waals surface area contributed by atoms with E-state index in [4.69, 9.17) is 0 Å². The molecular weight excluding hydrogens is 332 g/mol. The molecule has 3 rings (SSSR count). The molecule has 3 aromatic rings. The Morgan fingerprint density at radius 3 is 2.74 bits per heavy atom.